The molecule has 5 nitrogen and oxygen atoms in total. The van der Waals surface area contributed by atoms with E-state index in [4.69, 9.17) is 5.73 Å². The number of hydrogen-bond donors (Lipinski definition) is 2. The van der Waals surface area contributed by atoms with E-state index >= 15 is 0 Å². The van der Waals surface area contributed by atoms with E-state index in [1.807, 2.05) is 0 Å². The van der Waals surface area contributed by atoms with Gasteiger partial charge < -0.3 is 11.1 Å². The molecule has 0 radical (unpaired) electrons. The predicted octanol–water partition coefficient (Wildman–Crippen LogP) is -0.220. The van der Waals surface area contributed by atoms with E-state index in [1.54, 1.807) is 0 Å². The third kappa shape index (κ3) is 4.10. The lowest BCUT2D eigenvalue weighted by molar-refractivity contribution is -0.127. The van der Waals surface area contributed by atoms with Crippen molar-refractivity contribution in [3.63, 3.8) is 0 Å². The van der Waals surface area contributed by atoms with Crippen LogP contribution < -0.4 is 11.1 Å². The van der Waals surface area contributed by atoms with E-state index < -0.39 is 0 Å². The molecule has 90 valence electrons. The minimum atomic E-state index is -0.188. The molecule has 0 bridgehead atoms. The van der Waals surface area contributed by atoms with Crippen LogP contribution in [0.1, 0.15) is 32.1 Å². The van der Waals surface area contributed by atoms with Gasteiger partial charge in [0.15, 0.2) is 0 Å². The molecule has 1 heterocycles. The monoisotopic (exact) mass is 226 g/mol. The van der Waals surface area contributed by atoms with E-state index in [9.17, 15) is 14.4 Å². The summed E-state index contributed by atoms with van der Waals surface area (Å²) in [5, 5.41) is 2.70. The van der Waals surface area contributed by atoms with Gasteiger partial charge in [-0.2, -0.15) is 0 Å². The fraction of sp³-hybridized carbons (Fsp3) is 0.727. The average molecular weight is 226 g/mol. The highest BCUT2D eigenvalue weighted by Gasteiger charge is 2.20. The summed E-state index contributed by atoms with van der Waals surface area (Å²) in [7, 11) is 0. The molecule has 1 aliphatic rings. The number of nitrogens with one attached hydrogen (secondary N) is 1. The highest BCUT2D eigenvalue weighted by atomic mass is 16.2. The average Bonchev–Trinajstić information content (AvgIpc) is 2.29. The standard InChI is InChI=1S/C11H18N2O3/c12-7-10(15)8-1-2-9(14)3-4-11(16)13-6-5-8/h8H,1-7,12H2,(H,13,16)/t8-/m1/s1. The molecule has 1 fully saturated rings. The summed E-state index contributed by atoms with van der Waals surface area (Å²) in [6.45, 7) is 0.496. The first kappa shape index (κ1) is 12.8. The van der Waals surface area contributed by atoms with Gasteiger partial charge >= 0.3 is 0 Å². The second-order valence-electron chi connectivity index (χ2n) is 4.08. The quantitative estimate of drug-likeness (QED) is 0.681. The molecule has 0 saturated carbocycles. The molecule has 3 N–H and O–H groups in total. The molecule has 0 spiro atoms. The number of carbonyl (C=O) groups excluding carboxylic acids is 3. The van der Waals surface area contributed by atoms with Crippen LogP contribution in [0.2, 0.25) is 0 Å². The first-order valence-electron chi connectivity index (χ1n) is 5.64. The molecule has 1 rings (SSSR count). The van der Waals surface area contributed by atoms with Crippen LogP contribution in [-0.4, -0.2) is 30.6 Å². The molecular formula is C11H18N2O3. The van der Waals surface area contributed by atoms with E-state index in [-0.39, 0.29) is 42.8 Å². The van der Waals surface area contributed by atoms with Gasteiger partial charge in [-0.05, 0) is 12.8 Å². The largest absolute Gasteiger partial charge is 0.356 e. The van der Waals surface area contributed by atoms with Gasteiger partial charge in [-0.1, -0.05) is 0 Å². The molecule has 16 heavy (non-hydrogen) atoms. The van der Waals surface area contributed by atoms with Crippen molar-refractivity contribution in [1.29, 1.82) is 0 Å². The fourth-order valence-corrected chi connectivity index (χ4v) is 1.82. The predicted molar refractivity (Wildman–Crippen MR) is 58.7 cm³/mol. The lowest BCUT2D eigenvalue weighted by Crippen LogP contribution is -2.31. The van der Waals surface area contributed by atoms with Crippen molar-refractivity contribution < 1.29 is 14.4 Å². The Kier molecular flexibility index (Phi) is 5.11. The van der Waals surface area contributed by atoms with E-state index in [0.29, 0.717) is 25.8 Å². The second-order valence-corrected chi connectivity index (χ2v) is 4.08. The Hall–Kier alpha value is -1.23. The maximum atomic E-state index is 11.5. The Balaban J connectivity index is 2.56. The van der Waals surface area contributed by atoms with Crippen LogP contribution in [0, 0.1) is 5.92 Å². The van der Waals surface area contributed by atoms with Crippen LogP contribution in [0.3, 0.4) is 0 Å². The molecule has 0 unspecified atom stereocenters. The van der Waals surface area contributed by atoms with Gasteiger partial charge in [0.05, 0.1) is 6.54 Å². The first-order chi connectivity index (χ1) is 7.63. The highest BCUT2D eigenvalue weighted by Crippen LogP contribution is 2.14. The first-order valence-corrected chi connectivity index (χ1v) is 5.64. The molecule has 0 aromatic rings. The van der Waals surface area contributed by atoms with Crippen molar-refractivity contribution in [2.45, 2.75) is 32.1 Å². The lowest BCUT2D eigenvalue weighted by atomic mass is 9.92. The summed E-state index contributed by atoms with van der Waals surface area (Å²) in [5.41, 5.74) is 5.30. The van der Waals surface area contributed by atoms with Gasteiger partial charge in [0, 0.05) is 31.7 Å². The number of rotatable bonds is 2. The van der Waals surface area contributed by atoms with Crippen LogP contribution in [0.5, 0.6) is 0 Å². The van der Waals surface area contributed by atoms with Crippen molar-refractivity contribution in [2.24, 2.45) is 11.7 Å². The number of amides is 1. The summed E-state index contributed by atoms with van der Waals surface area (Å²) in [4.78, 5) is 34.1. The second kappa shape index (κ2) is 6.37. The third-order valence-corrected chi connectivity index (χ3v) is 2.87. The van der Waals surface area contributed by atoms with Gasteiger partial charge in [-0.15, -0.1) is 0 Å². The van der Waals surface area contributed by atoms with Crippen LogP contribution >= 0.6 is 0 Å². The molecule has 0 aromatic heterocycles. The van der Waals surface area contributed by atoms with Crippen molar-refractivity contribution >= 4 is 17.5 Å². The van der Waals surface area contributed by atoms with E-state index in [0.717, 1.165) is 0 Å². The van der Waals surface area contributed by atoms with Gasteiger partial charge in [0.25, 0.3) is 0 Å². The zero-order valence-corrected chi connectivity index (χ0v) is 9.33. The summed E-state index contributed by atoms with van der Waals surface area (Å²) in [6, 6.07) is 0. The Morgan fingerprint density at radius 3 is 2.69 bits per heavy atom. The Morgan fingerprint density at radius 1 is 1.25 bits per heavy atom. The van der Waals surface area contributed by atoms with Crippen molar-refractivity contribution in [1.82, 2.24) is 5.32 Å². The molecule has 1 aliphatic heterocycles. The maximum Gasteiger partial charge on any atom is 0.220 e. The van der Waals surface area contributed by atoms with Crippen LogP contribution in [-0.2, 0) is 14.4 Å². The normalized spacial score (nSPS) is 23.7. The molecule has 1 amide bonds. The summed E-state index contributed by atoms with van der Waals surface area (Å²) in [6.07, 6.45) is 2.05. The SMILES string of the molecule is NCC(=O)[C@H]1CCNC(=O)CCC(=O)CC1. The third-order valence-electron chi connectivity index (χ3n) is 2.87. The fourth-order valence-electron chi connectivity index (χ4n) is 1.82. The maximum absolute atomic E-state index is 11.5. The summed E-state index contributed by atoms with van der Waals surface area (Å²) < 4.78 is 0. The Labute approximate surface area is 94.8 Å². The highest BCUT2D eigenvalue weighted by molar-refractivity contribution is 5.87. The number of carbonyl (C=O) groups is 3. The molecular weight excluding hydrogens is 208 g/mol. The zero-order valence-electron chi connectivity index (χ0n) is 9.33. The zero-order chi connectivity index (χ0) is 12.0. The van der Waals surface area contributed by atoms with Crippen molar-refractivity contribution in [3.8, 4) is 0 Å². The van der Waals surface area contributed by atoms with E-state index in [2.05, 4.69) is 5.32 Å². The summed E-state index contributed by atoms with van der Waals surface area (Å²) >= 11 is 0. The van der Waals surface area contributed by atoms with Crippen molar-refractivity contribution in [3.05, 3.63) is 0 Å². The number of Topliss-reactive ketones (excluding diaryl/α,β-unsaturated/α-hetero) is 2. The topological polar surface area (TPSA) is 89.3 Å². The van der Waals surface area contributed by atoms with Gasteiger partial charge in [-0.3, -0.25) is 14.4 Å². The number of nitrogens with two attached hydrogens (primary N) is 1. The molecule has 1 saturated heterocycles. The van der Waals surface area contributed by atoms with Gasteiger partial charge in [-0.25, -0.2) is 0 Å². The Morgan fingerprint density at radius 2 is 2.00 bits per heavy atom. The van der Waals surface area contributed by atoms with E-state index in [1.165, 1.54) is 0 Å². The van der Waals surface area contributed by atoms with Gasteiger partial charge in [0.1, 0.15) is 11.6 Å². The minimum absolute atomic E-state index is 0.00675. The summed E-state index contributed by atoms with van der Waals surface area (Å²) in [5.74, 6) is -0.281. The Bertz CT molecular complexity index is 289. The lowest BCUT2D eigenvalue weighted by Gasteiger charge is -2.16. The minimum Gasteiger partial charge on any atom is -0.356 e. The van der Waals surface area contributed by atoms with Crippen molar-refractivity contribution in [2.75, 3.05) is 13.1 Å². The molecule has 5 heteroatoms. The number of ketones is 2. The number of hydrogen-bond acceptors (Lipinski definition) is 4. The van der Waals surface area contributed by atoms with Gasteiger partial charge in [0.2, 0.25) is 5.91 Å². The molecule has 1 atom stereocenters. The molecule has 0 aliphatic carbocycles. The molecule has 0 aromatic carbocycles. The van der Waals surface area contributed by atoms with Crippen LogP contribution in [0.4, 0.5) is 0 Å². The van der Waals surface area contributed by atoms with Crippen LogP contribution in [0.15, 0.2) is 0 Å². The van der Waals surface area contributed by atoms with Crippen LogP contribution in [0.25, 0.3) is 0 Å². The smallest absolute Gasteiger partial charge is 0.220 e.